The SMILES string of the molecule is CC1CCC(N2CC(C)C(O)C2)C1. The van der Waals surface area contributed by atoms with Gasteiger partial charge in [-0.25, -0.2) is 0 Å². The minimum absolute atomic E-state index is 0.0732. The summed E-state index contributed by atoms with van der Waals surface area (Å²) in [4.78, 5) is 2.50. The first-order chi connectivity index (χ1) is 6.16. The van der Waals surface area contributed by atoms with Crippen molar-refractivity contribution in [3.63, 3.8) is 0 Å². The summed E-state index contributed by atoms with van der Waals surface area (Å²) in [5, 5.41) is 9.65. The highest BCUT2D eigenvalue weighted by Gasteiger charge is 2.34. The number of β-amino-alcohol motifs (C(OH)–C–C–N with tert-alkyl or cyclic N) is 1. The highest BCUT2D eigenvalue weighted by molar-refractivity contribution is 4.89. The molecule has 0 spiro atoms. The summed E-state index contributed by atoms with van der Waals surface area (Å²) in [6.45, 7) is 6.52. The number of aliphatic hydroxyl groups excluding tert-OH is 1. The van der Waals surface area contributed by atoms with Crippen LogP contribution in [0.4, 0.5) is 0 Å². The van der Waals surface area contributed by atoms with Gasteiger partial charge in [0, 0.05) is 19.1 Å². The summed E-state index contributed by atoms with van der Waals surface area (Å²) in [7, 11) is 0. The predicted octanol–water partition coefficient (Wildman–Crippen LogP) is 1.49. The minimum atomic E-state index is -0.0732. The van der Waals surface area contributed by atoms with Crippen molar-refractivity contribution in [1.29, 1.82) is 0 Å². The molecule has 0 amide bonds. The van der Waals surface area contributed by atoms with Gasteiger partial charge in [0.1, 0.15) is 0 Å². The van der Waals surface area contributed by atoms with Crippen LogP contribution in [0.15, 0.2) is 0 Å². The Hall–Kier alpha value is -0.0800. The third-order valence-corrected chi connectivity index (χ3v) is 3.78. The zero-order valence-electron chi connectivity index (χ0n) is 8.74. The van der Waals surface area contributed by atoms with Gasteiger partial charge < -0.3 is 5.11 Å². The molecule has 1 heterocycles. The fourth-order valence-electron chi connectivity index (χ4n) is 2.79. The minimum Gasteiger partial charge on any atom is -0.391 e. The van der Waals surface area contributed by atoms with E-state index in [0.717, 1.165) is 25.0 Å². The van der Waals surface area contributed by atoms with Crippen LogP contribution in [0.25, 0.3) is 0 Å². The molecule has 2 rings (SSSR count). The maximum Gasteiger partial charge on any atom is 0.0704 e. The average Bonchev–Trinajstić information content (AvgIpc) is 2.61. The maximum atomic E-state index is 9.65. The number of hydrogen-bond acceptors (Lipinski definition) is 2. The Morgan fingerprint density at radius 1 is 1.15 bits per heavy atom. The van der Waals surface area contributed by atoms with E-state index in [-0.39, 0.29) is 6.10 Å². The molecule has 4 atom stereocenters. The predicted molar refractivity (Wildman–Crippen MR) is 53.5 cm³/mol. The Bertz CT molecular complexity index is 173. The van der Waals surface area contributed by atoms with Crippen molar-refractivity contribution in [2.45, 2.75) is 45.3 Å². The smallest absolute Gasteiger partial charge is 0.0704 e. The fraction of sp³-hybridized carbons (Fsp3) is 1.00. The van der Waals surface area contributed by atoms with E-state index in [2.05, 4.69) is 18.7 Å². The van der Waals surface area contributed by atoms with E-state index < -0.39 is 0 Å². The molecule has 0 aromatic heterocycles. The Morgan fingerprint density at radius 2 is 1.92 bits per heavy atom. The van der Waals surface area contributed by atoms with Crippen molar-refractivity contribution < 1.29 is 5.11 Å². The lowest BCUT2D eigenvalue weighted by Crippen LogP contribution is -2.32. The van der Waals surface area contributed by atoms with E-state index in [1.165, 1.54) is 19.3 Å². The molecule has 0 aromatic carbocycles. The molecule has 2 aliphatic rings. The van der Waals surface area contributed by atoms with Crippen molar-refractivity contribution in [3.05, 3.63) is 0 Å². The lowest BCUT2D eigenvalue weighted by Gasteiger charge is -2.23. The highest BCUT2D eigenvalue weighted by Crippen LogP contribution is 2.31. The van der Waals surface area contributed by atoms with E-state index in [1.807, 2.05) is 0 Å². The molecule has 76 valence electrons. The van der Waals surface area contributed by atoms with Gasteiger partial charge in [-0.2, -0.15) is 0 Å². The summed E-state index contributed by atoms with van der Waals surface area (Å²) in [6, 6.07) is 0.773. The lowest BCUT2D eigenvalue weighted by molar-refractivity contribution is 0.141. The molecule has 2 heteroatoms. The Labute approximate surface area is 80.9 Å². The van der Waals surface area contributed by atoms with Crippen molar-refractivity contribution in [3.8, 4) is 0 Å². The maximum absolute atomic E-state index is 9.65. The standard InChI is InChI=1S/C11H21NO/c1-8-3-4-10(5-8)12-6-9(2)11(13)7-12/h8-11,13H,3-7H2,1-2H3. The van der Waals surface area contributed by atoms with E-state index in [0.29, 0.717) is 5.92 Å². The largest absolute Gasteiger partial charge is 0.391 e. The van der Waals surface area contributed by atoms with Crippen molar-refractivity contribution in [2.24, 2.45) is 11.8 Å². The molecular weight excluding hydrogens is 162 g/mol. The second-order valence-corrected chi connectivity index (χ2v) is 5.07. The Kier molecular flexibility index (Phi) is 2.61. The van der Waals surface area contributed by atoms with Crippen molar-refractivity contribution in [2.75, 3.05) is 13.1 Å². The highest BCUT2D eigenvalue weighted by atomic mass is 16.3. The number of nitrogens with zero attached hydrogens (tertiary/aromatic N) is 1. The quantitative estimate of drug-likeness (QED) is 0.665. The molecule has 13 heavy (non-hydrogen) atoms. The van der Waals surface area contributed by atoms with Gasteiger partial charge in [-0.3, -0.25) is 4.90 Å². The number of rotatable bonds is 1. The molecule has 1 N–H and O–H groups in total. The molecule has 2 fully saturated rings. The molecule has 2 nitrogen and oxygen atoms in total. The van der Waals surface area contributed by atoms with Gasteiger partial charge in [-0.05, 0) is 31.1 Å². The lowest BCUT2D eigenvalue weighted by atomic mass is 10.1. The van der Waals surface area contributed by atoms with E-state index >= 15 is 0 Å². The Balaban J connectivity index is 1.89. The average molecular weight is 183 g/mol. The first-order valence-electron chi connectivity index (χ1n) is 5.59. The van der Waals surface area contributed by atoms with Crippen molar-refractivity contribution >= 4 is 0 Å². The second kappa shape index (κ2) is 3.58. The van der Waals surface area contributed by atoms with E-state index in [1.54, 1.807) is 0 Å². The topological polar surface area (TPSA) is 23.5 Å². The van der Waals surface area contributed by atoms with Gasteiger partial charge in [0.15, 0.2) is 0 Å². The molecule has 1 aliphatic carbocycles. The van der Waals surface area contributed by atoms with Gasteiger partial charge in [0.25, 0.3) is 0 Å². The number of aliphatic hydroxyl groups is 1. The molecule has 1 saturated carbocycles. The van der Waals surface area contributed by atoms with Gasteiger partial charge in [-0.1, -0.05) is 13.8 Å². The summed E-state index contributed by atoms with van der Waals surface area (Å²) >= 11 is 0. The third-order valence-electron chi connectivity index (χ3n) is 3.78. The Morgan fingerprint density at radius 3 is 2.38 bits per heavy atom. The molecular formula is C11H21NO. The second-order valence-electron chi connectivity index (χ2n) is 5.07. The van der Waals surface area contributed by atoms with Gasteiger partial charge >= 0.3 is 0 Å². The molecule has 1 aliphatic heterocycles. The molecule has 4 unspecified atom stereocenters. The van der Waals surface area contributed by atoms with Crippen LogP contribution in [0.5, 0.6) is 0 Å². The van der Waals surface area contributed by atoms with Crippen LogP contribution in [-0.4, -0.2) is 35.2 Å². The fourth-order valence-corrected chi connectivity index (χ4v) is 2.79. The van der Waals surface area contributed by atoms with Crippen LogP contribution in [-0.2, 0) is 0 Å². The zero-order chi connectivity index (χ0) is 9.42. The van der Waals surface area contributed by atoms with Crippen LogP contribution in [0, 0.1) is 11.8 Å². The summed E-state index contributed by atoms with van der Waals surface area (Å²) < 4.78 is 0. The van der Waals surface area contributed by atoms with Gasteiger partial charge in [0.2, 0.25) is 0 Å². The van der Waals surface area contributed by atoms with Crippen molar-refractivity contribution in [1.82, 2.24) is 4.90 Å². The van der Waals surface area contributed by atoms with Gasteiger partial charge in [-0.15, -0.1) is 0 Å². The zero-order valence-corrected chi connectivity index (χ0v) is 8.74. The normalized spacial score (nSPS) is 47.3. The van der Waals surface area contributed by atoms with Crippen LogP contribution in [0.1, 0.15) is 33.1 Å². The molecule has 1 saturated heterocycles. The van der Waals surface area contributed by atoms with Crippen LogP contribution in [0.3, 0.4) is 0 Å². The number of hydrogen-bond donors (Lipinski definition) is 1. The summed E-state index contributed by atoms with van der Waals surface area (Å²) in [6.07, 6.45) is 4.00. The molecule has 0 radical (unpaired) electrons. The van der Waals surface area contributed by atoms with Gasteiger partial charge in [0.05, 0.1) is 6.10 Å². The third kappa shape index (κ3) is 1.89. The van der Waals surface area contributed by atoms with Crippen LogP contribution < -0.4 is 0 Å². The monoisotopic (exact) mass is 183 g/mol. The summed E-state index contributed by atoms with van der Waals surface area (Å²) in [5.41, 5.74) is 0. The molecule has 0 bridgehead atoms. The first-order valence-corrected chi connectivity index (χ1v) is 5.59. The molecule has 0 aromatic rings. The van der Waals surface area contributed by atoms with Crippen LogP contribution >= 0.6 is 0 Å². The van der Waals surface area contributed by atoms with E-state index in [4.69, 9.17) is 0 Å². The first kappa shape index (κ1) is 9.47. The van der Waals surface area contributed by atoms with Crippen LogP contribution in [0.2, 0.25) is 0 Å². The number of likely N-dealkylation sites (tertiary alicyclic amines) is 1. The van der Waals surface area contributed by atoms with E-state index in [9.17, 15) is 5.11 Å². The summed E-state index contributed by atoms with van der Waals surface area (Å²) in [5.74, 6) is 1.38.